The molecule has 2 saturated heterocycles. The number of halogens is 4. The average molecular weight is 383 g/mol. The number of likely N-dealkylation sites (tertiary alicyclic amines) is 1. The lowest BCUT2D eigenvalue weighted by Gasteiger charge is -2.34. The molecular weight excluding hydrogens is 361 g/mol. The van der Waals surface area contributed by atoms with Crippen LogP contribution in [0.1, 0.15) is 36.6 Å². The van der Waals surface area contributed by atoms with E-state index in [0.717, 1.165) is 25.5 Å². The fourth-order valence-corrected chi connectivity index (χ4v) is 3.24. The molecule has 2 atom stereocenters. The van der Waals surface area contributed by atoms with Gasteiger partial charge in [0.25, 0.3) is 0 Å². The number of nitrogens with zero attached hydrogens (tertiary/aromatic N) is 2. The number of piperidine rings is 1. The molecule has 6 nitrogen and oxygen atoms in total. The monoisotopic (exact) mass is 382 g/mol. The van der Waals surface area contributed by atoms with E-state index in [1.54, 1.807) is 4.90 Å². The normalized spacial score (nSPS) is 24.7. The molecule has 0 radical (unpaired) electrons. The molecule has 0 aliphatic carbocycles. The van der Waals surface area contributed by atoms with Gasteiger partial charge in [0.05, 0.1) is 13.2 Å². The van der Waals surface area contributed by atoms with Gasteiger partial charge in [-0.2, -0.15) is 18.3 Å². The number of rotatable bonds is 3. The molecule has 2 unspecified atom stereocenters. The van der Waals surface area contributed by atoms with E-state index in [-0.39, 0.29) is 30.3 Å². The number of H-pyrrole nitrogens is 1. The van der Waals surface area contributed by atoms with Crippen LogP contribution in [0.25, 0.3) is 0 Å². The molecule has 1 aromatic rings. The summed E-state index contributed by atoms with van der Waals surface area (Å²) in [5.74, 6) is -0.125. The van der Waals surface area contributed by atoms with Crippen molar-refractivity contribution in [2.45, 2.75) is 37.4 Å². The second-order valence-electron chi connectivity index (χ2n) is 6.32. The van der Waals surface area contributed by atoms with Crippen molar-refractivity contribution in [3.63, 3.8) is 0 Å². The Bertz CT molecular complexity index is 575. The summed E-state index contributed by atoms with van der Waals surface area (Å²) >= 11 is 0. The molecule has 0 spiro atoms. The molecule has 3 heterocycles. The summed E-state index contributed by atoms with van der Waals surface area (Å²) in [6.45, 7) is 2.96. The average Bonchev–Trinajstić information content (AvgIpc) is 3.06. The van der Waals surface area contributed by atoms with Gasteiger partial charge in [0.2, 0.25) is 5.91 Å². The number of nitrogens with one attached hydrogen (secondary N) is 2. The second kappa shape index (κ2) is 8.37. The summed E-state index contributed by atoms with van der Waals surface area (Å²) in [7, 11) is 0. The summed E-state index contributed by atoms with van der Waals surface area (Å²) in [5, 5.41) is 9.07. The summed E-state index contributed by atoms with van der Waals surface area (Å²) in [5.41, 5.74) is -0.469. The van der Waals surface area contributed by atoms with E-state index in [1.165, 1.54) is 0 Å². The van der Waals surface area contributed by atoms with Crippen LogP contribution in [0.4, 0.5) is 13.2 Å². The maximum Gasteiger partial charge on any atom is 0.435 e. The maximum absolute atomic E-state index is 12.7. The van der Waals surface area contributed by atoms with Crippen LogP contribution in [0, 0.1) is 0 Å². The van der Waals surface area contributed by atoms with Crippen molar-refractivity contribution >= 4 is 18.3 Å². The van der Waals surface area contributed by atoms with Crippen LogP contribution in [0.5, 0.6) is 0 Å². The number of hydrogen-bond donors (Lipinski definition) is 2. The number of carbonyl (C=O) groups excluding carboxylic acids is 1. The molecule has 2 aliphatic rings. The van der Waals surface area contributed by atoms with Crippen LogP contribution in [-0.2, 0) is 15.7 Å². The van der Waals surface area contributed by atoms with E-state index in [2.05, 4.69) is 15.5 Å². The number of alkyl halides is 3. The second-order valence-corrected chi connectivity index (χ2v) is 6.32. The van der Waals surface area contributed by atoms with Crippen molar-refractivity contribution in [3.8, 4) is 0 Å². The Labute approximate surface area is 149 Å². The fourth-order valence-electron chi connectivity index (χ4n) is 3.24. The van der Waals surface area contributed by atoms with Crippen LogP contribution in [0.3, 0.4) is 0 Å². The molecule has 2 aliphatic heterocycles. The lowest BCUT2D eigenvalue weighted by molar-refractivity contribution is -0.141. The fraction of sp³-hybridized carbons (Fsp3) is 0.733. The number of aromatic amines is 1. The van der Waals surface area contributed by atoms with Gasteiger partial charge < -0.3 is 15.0 Å². The van der Waals surface area contributed by atoms with Crippen molar-refractivity contribution in [1.82, 2.24) is 20.4 Å². The molecule has 0 saturated carbocycles. The van der Waals surface area contributed by atoms with E-state index < -0.39 is 11.9 Å². The minimum Gasteiger partial charge on any atom is -0.378 e. The lowest BCUT2D eigenvalue weighted by Crippen LogP contribution is -2.46. The smallest absolute Gasteiger partial charge is 0.378 e. The first-order valence-electron chi connectivity index (χ1n) is 8.15. The molecule has 1 amide bonds. The van der Waals surface area contributed by atoms with E-state index in [0.29, 0.717) is 38.4 Å². The lowest BCUT2D eigenvalue weighted by atomic mass is 9.94. The Hall–Kier alpha value is -1.32. The summed E-state index contributed by atoms with van der Waals surface area (Å²) < 4.78 is 43.3. The largest absolute Gasteiger partial charge is 0.435 e. The zero-order chi connectivity index (χ0) is 17.2. The molecule has 25 heavy (non-hydrogen) atoms. The highest BCUT2D eigenvalue weighted by Crippen LogP contribution is 2.32. The number of hydrogen-bond acceptors (Lipinski definition) is 4. The van der Waals surface area contributed by atoms with Gasteiger partial charge in [0, 0.05) is 43.7 Å². The predicted octanol–water partition coefficient (Wildman–Crippen LogP) is 1.93. The Morgan fingerprint density at radius 3 is 2.88 bits per heavy atom. The molecule has 10 heteroatoms. The highest BCUT2D eigenvalue weighted by molar-refractivity contribution is 5.85. The molecule has 1 aromatic heterocycles. The predicted molar refractivity (Wildman–Crippen MR) is 86.6 cm³/mol. The van der Waals surface area contributed by atoms with Crippen LogP contribution in [0.15, 0.2) is 6.07 Å². The number of morpholine rings is 1. The van der Waals surface area contributed by atoms with Gasteiger partial charge in [-0.1, -0.05) is 0 Å². The molecule has 0 aromatic carbocycles. The first-order valence-corrected chi connectivity index (χ1v) is 8.15. The number of ether oxygens (including phenoxy) is 1. The van der Waals surface area contributed by atoms with E-state index in [4.69, 9.17) is 4.74 Å². The van der Waals surface area contributed by atoms with Gasteiger partial charge in [-0.15, -0.1) is 12.4 Å². The van der Waals surface area contributed by atoms with Crippen LogP contribution < -0.4 is 5.32 Å². The third kappa shape index (κ3) is 5.08. The van der Waals surface area contributed by atoms with Crippen LogP contribution in [0.2, 0.25) is 0 Å². The SMILES string of the molecule is Cl.O=C(CC1COCCN1)N1CCCC(c2cc(C(F)(F)F)n[nH]2)C1. The summed E-state index contributed by atoms with van der Waals surface area (Å²) in [6, 6.07) is 1.06. The molecule has 0 bridgehead atoms. The quantitative estimate of drug-likeness (QED) is 0.838. The Balaban J connectivity index is 0.00000225. The third-order valence-corrected chi connectivity index (χ3v) is 4.52. The minimum absolute atomic E-state index is 0. The van der Waals surface area contributed by atoms with Gasteiger partial charge in [-0.05, 0) is 18.9 Å². The van der Waals surface area contributed by atoms with Crippen molar-refractivity contribution in [2.24, 2.45) is 0 Å². The maximum atomic E-state index is 12.7. The molecule has 142 valence electrons. The number of amides is 1. The Morgan fingerprint density at radius 1 is 1.44 bits per heavy atom. The van der Waals surface area contributed by atoms with E-state index >= 15 is 0 Å². The Kier molecular flexibility index (Phi) is 6.70. The van der Waals surface area contributed by atoms with Crippen molar-refractivity contribution in [2.75, 3.05) is 32.8 Å². The zero-order valence-electron chi connectivity index (χ0n) is 13.6. The van der Waals surface area contributed by atoms with Crippen molar-refractivity contribution in [3.05, 3.63) is 17.5 Å². The number of aromatic nitrogens is 2. The molecular formula is C15H22ClF3N4O2. The van der Waals surface area contributed by atoms with Gasteiger partial charge in [-0.3, -0.25) is 9.89 Å². The van der Waals surface area contributed by atoms with Gasteiger partial charge in [0.1, 0.15) is 0 Å². The molecule has 3 rings (SSSR count). The van der Waals surface area contributed by atoms with E-state index in [1.807, 2.05) is 0 Å². The third-order valence-electron chi connectivity index (χ3n) is 4.52. The minimum atomic E-state index is -4.45. The van der Waals surface area contributed by atoms with Crippen LogP contribution in [-0.4, -0.2) is 59.9 Å². The van der Waals surface area contributed by atoms with Crippen LogP contribution >= 0.6 is 12.4 Å². The molecule has 2 N–H and O–H groups in total. The van der Waals surface area contributed by atoms with Crippen molar-refractivity contribution < 1.29 is 22.7 Å². The standard InChI is InChI=1S/C15H21F3N4O2.ClH/c16-15(17,18)13-7-12(20-21-13)10-2-1-4-22(8-10)14(23)6-11-9-24-5-3-19-11;/h7,10-11,19H,1-6,8-9H2,(H,20,21);1H. The van der Waals surface area contributed by atoms with Crippen molar-refractivity contribution in [1.29, 1.82) is 0 Å². The molecule has 2 fully saturated rings. The highest BCUT2D eigenvalue weighted by Gasteiger charge is 2.35. The summed E-state index contributed by atoms with van der Waals surface area (Å²) in [6.07, 6.45) is -2.59. The first kappa shape index (κ1) is 20.0. The van der Waals surface area contributed by atoms with E-state index in [9.17, 15) is 18.0 Å². The van der Waals surface area contributed by atoms with Gasteiger partial charge in [0.15, 0.2) is 5.69 Å². The topological polar surface area (TPSA) is 70.2 Å². The first-order chi connectivity index (χ1) is 11.4. The Morgan fingerprint density at radius 2 is 2.24 bits per heavy atom. The highest BCUT2D eigenvalue weighted by atomic mass is 35.5. The zero-order valence-corrected chi connectivity index (χ0v) is 14.5. The van der Waals surface area contributed by atoms with Gasteiger partial charge >= 0.3 is 6.18 Å². The van der Waals surface area contributed by atoms with Gasteiger partial charge in [-0.25, -0.2) is 0 Å². The number of carbonyl (C=O) groups is 1. The summed E-state index contributed by atoms with van der Waals surface area (Å²) in [4.78, 5) is 14.2.